The molecule has 2 rings (SSSR count). The van der Waals surface area contributed by atoms with Crippen LogP contribution >= 0.6 is 0 Å². The Bertz CT molecular complexity index is 712. The number of anilines is 2. The second-order valence-corrected chi connectivity index (χ2v) is 8.32. The number of rotatable bonds is 7. The normalized spacial score (nSPS) is 15.4. The molecule has 0 radical (unpaired) electrons. The summed E-state index contributed by atoms with van der Waals surface area (Å²) in [5.74, 6) is 0.438. The highest BCUT2D eigenvalue weighted by Gasteiger charge is 2.27. The highest BCUT2D eigenvalue weighted by atomic mass is 16.2. The minimum absolute atomic E-state index is 0.0322. The number of piperidine rings is 1. The van der Waals surface area contributed by atoms with Gasteiger partial charge in [0.25, 0.3) is 0 Å². The van der Waals surface area contributed by atoms with Gasteiger partial charge in [0.1, 0.15) is 0 Å². The second-order valence-electron chi connectivity index (χ2n) is 8.32. The van der Waals surface area contributed by atoms with Crippen LogP contribution in [0.5, 0.6) is 0 Å². The number of amides is 5. The average Bonchev–Trinajstić information content (AvgIpc) is 2.73. The van der Waals surface area contributed by atoms with Crippen molar-refractivity contribution in [3.63, 3.8) is 0 Å². The lowest BCUT2D eigenvalue weighted by Gasteiger charge is -2.31. The minimum Gasteiger partial charge on any atom is -0.353 e. The number of urea groups is 2. The molecule has 1 aromatic rings. The molecule has 8 heteroatoms. The van der Waals surface area contributed by atoms with Crippen LogP contribution in [0.4, 0.5) is 21.0 Å². The molecule has 1 atom stereocenters. The van der Waals surface area contributed by atoms with Gasteiger partial charge in [0.05, 0.1) is 0 Å². The molecule has 0 bridgehead atoms. The van der Waals surface area contributed by atoms with E-state index in [2.05, 4.69) is 21.3 Å². The van der Waals surface area contributed by atoms with Gasteiger partial charge in [-0.1, -0.05) is 20.8 Å². The zero-order chi connectivity index (χ0) is 22.1. The van der Waals surface area contributed by atoms with Crippen molar-refractivity contribution in [3.8, 4) is 0 Å². The fourth-order valence-corrected chi connectivity index (χ4v) is 3.12. The van der Waals surface area contributed by atoms with Gasteiger partial charge in [-0.15, -0.1) is 0 Å². The summed E-state index contributed by atoms with van der Waals surface area (Å²) in [6.07, 6.45) is 2.25. The van der Waals surface area contributed by atoms with E-state index in [-0.39, 0.29) is 29.9 Å². The van der Waals surface area contributed by atoms with Gasteiger partial charge < -0.3 is 26.2 Å². The van der Waals surface area contributed by atoms with E-state index in [9.17, 15) is 14.4 Å². The van der Waals surface area contributed by atoms with E-state index in [4.69, 9.17) is 0 Å². The first-order valence-corrected chi connectivity index (χ1v) is 10.8. The Labute approximate surface area is 179 Å². The van der Waals surface area contributed by atoms with E-state index < -0.39 is 0 Å². The summed E-state index contributed by atoms with van der Waals surface area (Å²) >= 11 is 0. The van der Waals surface area contributed by atoms with Gasteiger partial charge in [0.15, 0.2) is 0 Å². The molecule has 1 aromatic carbocycles. The van der Waals surface area contributed by atoms with E-state index in [1.54, 1.807) is 29.2 Å². The first kappa shape index (κ1) is 23.5. The van der Waals surface area contributed by atoms with Crippen molar-refractivity contribution in [1.82, 2.24) is 15.5 Å². The van der Waals surface area contributed by atoms with Crippen LogP contribution in [0.25, 0.3) is 0 Å². The SMILES string of the molecule is CCC(C)NC(=O)C1CCN(C(=O)Nc2ccc(NC(=O)NCC(C)C)cc2)CC1. The summed E-state index contributed by atoms with van der Waals surface area (Å²) in [5.41, 5.74) is 1.31. The molecule has 1 saturated heterocycles. The smallest absolute Gasteiger partial charge is 0.321 e. The first-order valence-electron chi connectivity index (χ1n) is 10.8. The zero-order valence-electron chi connectivity index (χ0n) is 18.5. The number of hydrogen-bond acceptors (Lipinski definition) is 3. The topological polar surface area (TPSA) is 103 Å². The Morgan fingerprint density at radius 3 is 2.10 bits per heavy atom. The minimum atomic E-state index is -0.249. The standard InChI is InChI=1S/C22H35N5O3/c1-5-16(4)24-20(28)17-10-12-27(13-11-17)22(30)26-19-8-6-18(7-9-19)25-21(29)23-14-15(2)3/h6-9,15-17H,5,10-14H2,1-4H3,(H,24,28)(H,26,30)(H2,23,25,29). The van der Waals surface area contributed by atoms with Crippen LogP contribution in [0, 0.1) is 11.8 Å². The third kappa shape index (κ3) is 7.57. The van der Waals surface area contributed by atoms with Crippen LogP contribution in [-0.4, -0.2) is 48.5 Å². The molecule has 1 heterocycles. The molecule has 0 aliphatic carbocycles. The Hall–Kier alpha value is -2.77. The molecule has 0 spiro atoms. The van der Waals surface area contributed by atoms with Crippen LogP contribution in [0.15, 0.2) is 24.3 Å². The maximum atomic E-state index is 12.5. The van der Waals surface area contributed by atoms with Crippen molar-refractivity contribution >= 4 is 29.3 Å². The Kier molecular flexibility index (Phi) is 8.95. The van der Waals surface area contributed by atoms with Gasteiger partial charge in [-0.3, -0.25) is 4.79 Å². The van der Waals surface area contributed by atoms with Crippen LogP contribution < -0.4 is 21.3 Å². The maximum absolute atomic E-state index is 12.5. The molecule has 1 fully saturated rings. The fourth-order valence-electron chi connectivity index (χ4n) is 3.12. The summed E-state index contributed by atoms with van der Waals surface area (Å²) in [6, 6.07) is 6.75. The fraction of sp³-hybridized carbons (Fsp3) is 0.591. The molecule has 1 aliphatic rings. The Morgan fingerprint density at radius 1 is 1.00 bits per heavy atom. The molecule has 1 aliphatic heterocycles. The number of nitrogens with one attached hydrogen (secondary N) is 4. The predicted octanol–water partition coefficient (Wildman–Crippen LogP) is 3.62. The largest absolute Gasteiger partial charge is 0.353 e. The molecule has 4 N–H and O–H groups in total. The number of carbonyl (C=O) groups is 3. The van der Waals surface area contributed by atoms with Gasteiger partial charge in [0, 0.05) is 43.0 Å². The summed E-state index contributed by atoms with van der Waals surface area (Å²) in [7, 11) is 0. The molecule has 1 unspecified atom stereocenters. The van der Waals surface area contributed by atoms with Crippen molar-refractivity contribution in [2.75, 3.05) is 30.3 Å². The molecular formula is C22H35N5O3. The summed E-state index contributed by atoms with van der Waals surface area (Å²) < 4.78 is 0. The van der Waals surface area contributed by atoms with Crippen LogP contribution in [0.3, 0.4) is 0 Å². The Balaban J connectivity index is 1.77. The van der Waals surface area contributed by atoms with Crippen molar-refractivity contribution in [2.45, 2.75) is 53.0 Å². The lowest BCUT2D eigenvalue weighted by Crippen LogP contribution is -2.45. The molecule has 5 amide bonds. The summed E-state index contributed by atoms with van der Waals surface area (Å²) in [4.78, 5) is 38.3. The number of likely N-dealkylation sites (tertiary alicyclic amines) is 1. The summed E-state index contributed by atoms with van der Waals surface area (Å²) in [5, 5.41) is 11.5. The van der Waals surface area contributed by atoms with E-state index in [1.807, 2.05) is 27.7 Å². The number of benzene rings is 1. The number of carbonyl (C=O) groups excluding carboxylic acids is 3. The van der Waals surface area contributed by atoms with E-state index >= 15 is 0 Å². The zero-order valence-corrected chi connectivity index (χ0v) is 18.5. The predicted molar refractivity (Wildman–Crippen MR) is 120 cm³/mol. The third-order valence-corrected chi connectivity index (χ3v) is 5.22. The van der Waals surface area contributed by atoms with Crippen molar-refractivity contribution < 1.29 is 14.4 Å². The lowest BCUT2D eigenvalue weighted by atomic mass is 9.95. The van der Waals surface area contributed by atoms with Crippen molar-refractivity contribution in [3.05, 3.63) is 24.3 Å². The van der Waals surface area contributed by atoms with Gasteiger partial charge in [-0.25, -0.2) is 9.59 Å². The maximum Gasteiger partial charge on any atom is 0.321 e. The van der Waals surface area contributed by atoms with Gasteiger partial charge in [-0.2, -0.15) is 0 Å². The number of hydrogen-bond donors (Lipinski definition) is 4. The van der Waals surface area contributed by atoms with E-state index in [0.29, 0.717) is 49.8 Å². The van der Waals surface area contributed by atoms with Crippen molar-refractivity contribution in [2.24, 2.45) is 11.8 Å². The lowest BCUT2D eigenvalue weighted by molar-refractivity contribution is -0.126. The van der Waals surface area contributed by atoms with E-state index in [0.717, 1.165) is 6.42 Å². The molecule has 166 valence electrons. The second kappa shape index (κ2) is 11.4. The monoisotopic (exact) mass is 417 g/mol. The van der Waals surface area contributed by atoms with Gasteiger partial charge in [-0.05, 0) is 56.4 Å². The Morgan fingerprint density at radius 2 is 1.57 bits per heavy atom. The third-order valence-electron chi connectivity index (χ3n) is 5.22. The average molecular weight is 418 g/mol. The van der Waals surface area contributed by atoms with Crippen LogP contribution in [0.1, 0.15) is 47.0 Å². The van der Waals surface area contributed by atoms with Gasteiger partial charge >= 0.3 is 12.1 Å². The highest BCUT2D eigenvalue weighted by molar-refractivity contribution is 5.91. The van der Waals surface area contributed by atoms with Gasteiger partial charge in [0.2, 0.25) is 5.91 Å². The molecule has 0 aromatic heterocycles. The summed E-state index contributed by atoms with van der Waals surface area (Å²) in [6.45, 7) is 9.82. The first-order chi connectivity index (χ1) is 14.3. The van der Waals surface area contributed by atoms with Crippen LogP contribution in [-0.2, 0) is 4.79 Å². The molecule has 8 nitrogen and oxygen atoms in total. The highest BCUT2D eigenvalue weighted by Crippen LogP contribution is 2.20. The number of nitrogens with zero attached hydrogens (tertiary/aromatic N) is 1. The quantitative estimate of drug-likeness (QED) is 0.545. The molecule has 30 heavy (non-hydrogen) atoms. The molecule has 0 saturated carbocycles. The van der Waals surface area contributed by atoms with Crippen LogP contribution in [0.2, 0.25) is 0 Å². The molecular weight excluding hydrogens is 382 g/mol. The van der Waals surface area contributed by atoms with E-state index in [1.165, 1.54) is 0 Å². The van der Waals surface area contributed by atoms with Crippen molar-refractivity contribution in [1.29, 1.82) is 0 Å².